The fraction of sp³-hybridized carbons (Fsp3) is 0.462. The van der Waals surface area contributed by atoms with Crippen LogP contribution in [0.3, 0.4) is 0 Å². The quantitative estimate of drug-likeness (QED) is 0.889. The van der Waals surface area contributed by atoms with Crippen molar-refractivity contribution < 1.29 is 18.3 Å². The van der Waals surface area contributed by atoms with Gasteiger partial charge in [-0.05, 0) is 30.7 Å². The van der Waals surface area contributed by atoms with Gasteiger partial charge in [0.1, 0.15) is 11.1 Å². The SMILES string of the molecule is Cc1cc(C(=O)N2CCSCC2S(C)(=O)=O)ccc1O. The lowest BCUT2D eigenvalue weighted by Gasteiger charge is -2.34. The summed E-state index contributed by atoms with van der Waals surface area (Å²) in [5.74, 6) is 0.954. The van der Waals surface area contributed by atoms with Gasteiger partial charge in [-0.2, -0.15) is 11.8 Å². The summed E-state index contributed by atoms with van der Waals surface area (Å²) in [7, 11) is -3.31. The van der Waals surface area contributed by atoms with E-state index in [-0.39, 0.29) is 11.7 Å². The number of hydrogen-bond acceptors (Lipinski definition) is 5. The molecule has 1 amide bonds. The predicted molar refractivity (Wildman–Crippen MR) is 79.8 cm³/mol. The molecule has 0 aromatic heterocycles. The minimum atomic E-state index is -3.31. The van der Waals surface area contributed by atoms with Gasteiger partial charge in [0, 0.05) is 29.9 Å². The minimum absolute atomic E-state index is 0.121. The molecule has 1 fully saturated rings. The molecule has 1 unspecified atom stereocenters. The van der Waals surface area contributed by atoms with Crippen molar-refractivity contribution in [2.24, 2.45) is 0 Å². The number of thioether (sulfide) groups is 1. The van der Waals surface area contributed by atoms with Gasteiger partial charge >= 0.3 is 0 Å². The average molecular weight is 315 g/mol. The molecule has 0 saturated carbocycles. The van der Waals surface area contributed by atoms with E-state index in [9.17, 15) is 18.3 Å². The number of phenols is 1. The normalized spacial score (nSPS) is 19.9. The highest BCUT2D eigenvalue weighted by molar-refractivity contribution is 8.00. The number of aryl methyl sites for hydroxylation is 1. The van der Waals surface area contributed by atoms with Crippen molar-refractivity contribution in [3.8, 4) is 5.75 Å². The lowest BCUT2D eigenvalue weighted by atomic mass is 10.1. The Bertz CT molecular complexity index is 627. The molecule has 5 nitrogen and oxygen atoms in total. The third-order valence-corrected chi connectivity index (χ3v) is 5.93. The molecular weight excluding hydrogens is 298 g/mol. The maximum atomic E-state index is 12.5. The van der Waals surface area contributed by atoms with Gasteiger partial charge in [-0.3, -0.25) is 4.79 Å². The number of carbonyl (C=O) groups is 1. The summed E-state index contributed by atoms with van der Waals surface area (Å²) in [5, 5.41) is 8.72. The van der Waals surface area contributed by atoms with E-state index in [2.05, 4.69) is 0 Å². The van der Waals surface area contributed by atoms with E-state index in [1.165, 1.54) is 28.8 Å². The van der Waals surface area contributed by atoms with Crippen LogP contribution in [0.4, 0.5) is 0 Å². The topological polar surface area (TPSA) is 74.7 Å². The van der Waals surface area contributed by atoms with Crippen molar-refractivity contribution in [3.63, 3.8) is 0 Å². The lowest BCUT2D eigenvalue weighted by Crippen LogP contribution is -2.49. The Morgan fingerprint density at radius 2 is 2.15 bits per heavy atom. The first-order chi connectivity index (χ1) is 9.30. The molecule has 1 aromatic carbocycles. The van der Waals surface area contributed by atoms with Gasteiger partial charge in [0.15, 0.2) is 9.84 Å². The first-order valence-electron chi connectivity index (χ1n) is 6.18. The third kappa shape index (κ3) is 3.09. The Morgan fingerprint density at radius 1 is 1.45 bits per heavy atom. The number of amides is 1. The number of carbonyl (C=O) groups excluding carboxylic acids is 1. The molecule has 1 heterocycles. The van der Waals surface area contributed by atoms with E-state index in [4.69, 9.17) is 0 Å². The van der Waals surface area contributed by atoms with Crippen LogP contribution >= 0.6 is 11.8 Å². The molecule has 2 rings (SSSR count). The average Bonchev–Trinajstić information content (AvgIpc) is 2.40. The van der Waals surface area contributed by atoms with E-state index in [0.717, 1.165) is 12.0 Å². The number of aromatic hydroxyl groups is 1. The third-order valence-electron chi connectivity index (χ3n) is 3.28. The summed E-state index contributed by atoms with van der Waals surface area (Å²) in [6.07, 6.45) is 1.16. The lowest BCUT2D eigenvalue weighted by molar-refractivity contribution is 0.0749. The predicted octanol–water partition coefficient (Wildman–Crippen LogP) is 1.26. The second kappa shape index (κ2) is 5.65. The fourth-order valence-electron chi connectivity index (χ4n) is 2.12. The van der Waals surface area contributed by atoms with Crippen LogP contribution in [0.15, 0.2) is 18.2 Å². The van der Waals surface area contributed by atoms with E-state index in [0.29, 0.717) is 23.4 Å². The second-order valence-electron chi connectivity index (χ2n) is 4.86. The second-order valence-corrected chi connectivity index (χ2v) is 8.21. The molecule has 0 bridgehead atoms. The van der Waals surface area contributed by atoms with Crippen LogP contribution in [0, 0.1) is 6.92 Å². The van der Waals surface area contributed by atoms with Gasteiger partial charge in [0.05, 0.1) is 0 Å². The van der Waals surface area contributed by atoms with Crippen molar-refractivity contribution in [3.05, 3.63) is 29.3 Å². The molecule has 1 aliphatic rings. The largest absolute Gasteiger partial charge is 0.508 e. The first kappa shape index (κ1) is 15.2. The van der Waals surface area contributed by atoms with E-state index < -0.39 is 15.2 Å². The van der Waals surface area contributed by atoms with E-state index in [1.54, 1.807) is 13.0 Å². The van der Waals surface area contributed by atoms with Gasteiger partial charge in [-0.15, -0.1) is 0 Å². The Hall–Kier alpha value is -1.21. The molecule has 1 aliphatic heterocycles. The molecule has 20 heavy (non-hydrogen) atoms. The minimum Gasteiger partial charge on any atom is -0.508 e. The number of hydrogen-bond donors (Lipinski definition) is 1. The Balaban J connectivity index is 2.32. The standard InChI is InChI=1S/C13H17NO4S2/c1-9-7-10(3-4-11(9)15)13(16)14-5-6-19-8-12(14)20(2,17)18/h3-4,7,12,15H,5-6,8H2,1-2H3. The number of rotatable bonds is 2. The molecule has 7 heteroatoms. The van der Waals surface area contributed by atoms with Crippen LogP contribution < -0.4 is 0 Å². The summed E-state index contributed by atoms with van der Waals surface area (Å²) in [6.45, 7) is 2.12. The highest BCUT2D eigenvalue weighted by Gasteiger charge is 2.34. The van der Waals surface area contributed by atoms with Gasteiger partial charge < -0.3 is 10.0 Å². The zero-order valence-corrected chi connectivity index (χ0v) is 13.0. The molecule has 1 atom stereocenters. The molecule has 0 aliphatic carbocycles. The summed E-state index contributed by atoms with van der Waals surface area (Å²) in [4.78, 5) is 13.9. The van der Waals surface area contributed by atoms with Crippen molar-refractivity contribution in [2.45, 2.75) is 12.3 Å². The molecule has 110 valence electrons. The summed E-state index contributed by atoms with van der Waals surface area (Å²) in [5.41, 5.74) is 0.999. The van der Waals surface area contributed by atoms with Crippen LogP contribution in [0.1, 0.15) is 15.9 Å². The summed E-state index contributed by atoms with van der Waals surface area (Å²) >= 11 is 1.54. The Labute approximate surface area is 122 Å². The van der Waals surface area contributed by atoms with Gasteiger partial charge in [-0.1, -0.05) is 0 Å². The zero-order chi connectivity index (χ0) is 14.9. The molecule has 1 saturated heterocycles. The number of benzene rings is 1. The summed E-state index contributed by atoms with van der Waals surface area (Å²) < 4.78 is 23.6. The maximum Gasteiger partial charge on any atom is 0.254 e. The highest BCUT2D eigenvalue weighted by Crippen LogP contribution is 2.24. The number of nitrogens with zero attached hydrogens (tertiary/aromatic N) is 1. The highest BCUT2D eigenvalue weighted by atomic mass is 32.2. The maximum absolute atomic E-state index is 12.5. The molecule has 0 radical (unpaired) electrons. The smallest absolute Gasteiger partial charge is 0.254 e. The summed E-state index contributed by atoms with van der Waals surface area (Å²) in [6, 6.07) is 4.56. The van der Waals surface area contributed by atoms with Crippen molar-refractivity contribution in [1.82, 2.24) is 4.90 Å². The Kier molecular flexibility index (Phi) is 4.29. The van der Waals surface area contributed by atoms with Gasteiger partial charge in [0.2, 0.25) is 0 Å². The van der Waals surface area contributed by atoms with Crippen molar-refractivity contribution >= 4 is 27.5 Å². The van der Waals surface area contributed by atoms with E-state index >= 15 is 0 Å². The van der Waals surface area contributed by atoms with Crippen LogP contribution in [-0.4, -0.2) is 54.0 Å². The van der Waals surface area contributed by atoms with Gasteiger partial charge in [0.25, 0.3) is 5.91 Å². The molecule has 0 spiro atoms. The van der Waals surface area contributed by atoms with E-state index in [1.807, 2.05) is 0 Å². The zero-order valence-electron chi connectivity index (χ0n) is 11.4. The first-order valence-corrected chi connectivity index (χ1v) is 9.29. The fourth-order valence-corrected chi connectivity index (χ4v) is 4.94. The number of phenolic OH excluding ortho intramolecular Hbond substituents is 1. The number of sulfone groups is 1. The van der Waals surface area contributed by atoms with Gasteiger partial charge in [-0.25, -0.2) is 8.42 Å². The van der Waals surface area contributed by atoms with Crippen LogP contribution in [0.5, 0.6) is 5.75 Å². The van der Waals surface area contributed by atoms with Crippen LogP contribution in [0.2, 0.25) is 0 Å². The van der Waals surface area contributed by atoms with Crippen molar-refractivity contribution in [2.75, 3.05) is 24.3 Å². The molecule has 1 N–H and O–H groups in total. The van der Waals surface area contributed by atoms with Crippen LogP contribution in [-0.2, 0) is 9.84 Å². The monoisotopic (exact) mass is 315 g/mol. The van der Waals surface area contributed by atoms with Crippen LogP contribution in [0.25, 0.3) is 0 Å². The molecule has 1 aromatic rings. The van der Waals surface area contributed by atoms with Crippen molar-refractivity contribution in [1.29, 1.82) is 0 Å². The Morgan fingerprint density at radius 3 is 2.75 bits per heavy atom. The molecular formula is C13H17NO4S2.